The Morgan fingerprint density at radius 3 is 1.95 bits per heavy atom. The number of likely N-dealkylation sites (tertiary alicyclic amines) is 1. The van der Waals surface area contributed by atoms with E-state index in [2.05, 4.69) is 27.7 Å². The minimum Gasteiger partial charge on any atom is -0.370 e. The highest BCUT2D eigenvalue weighted by Gasteiger charge is 2.29. The molecule has 0 spiro atoms. The minimum absolute atomic E-state index is 0.930. The highest BCUT2D eigenvalue weighted by Crippen LogP contribution is 2.18. The average Bonchev–Trinajstić information content (AvgIpc) is 2.93. The fraction of sp³-hybridized carbons (Fsp3) is 1.00. The van der Waals surface area contributed by atoms with Crippen molar-refractivity contribution in [2.24, 2.45) is 0 Å². The standard InChI is InChI=1S/C16H36N2O/c1-5-17(6-2,7-3)13-15-19-16-14-18(8-4)11-9-10-12-18/h5-16H2,1-4H3/q+2. The van der Waals surface area contributed by atoms with E-state index in [-0.39, 0.29) is 0 Å². The predicted molar refractivity (Wildman–Crippen MR) is 82.2 cm³/mol. The van der Waals surface area contributed by atoms with Gasteiger partial charge < -0.3 is 13.7 Å². The van der Waals surface area contributed by atoms with Gasteiger partial charge in [0.15, 0.2) is 0 Å². The summed E-state index contributed by atoms with van der Waals surface area (Å²) in [4.78, 5) is 0. The van der Waals surface area contributed by atoms with E-state index in [0.29, 0.717) is 0 Å². The van der Waals surface area contributed by atoms with Crippen molar-refractivity contribution in [1.82, 2.24) is 0 Å². The number of likely N-dealkylation sites (N-methyl/N-ethyl adjacent to an activating group) is 2. The zero-order chi connectivity index (χ0) is 14.2. The smallest absolute Gasteiger partial charge is 0.102 e. The van der Waals surface area contributed by atoms with Crippen molar-refractivity contribution in [3.63, 3.8) is 0 Å². The molecule has 0 bridgehead atoms. The topological polar surface area (TPSA) is 9.23 Å². The average molecular weight is 272 g/mol. The second kappa shape index (κ2) is 8.23. The first kappa shape index (κ1) is 16.9. The highest BCUT2D eigenvalue weighted by atomic mass is 16.5. The van der Waals surface area contributed by atoms with Gasteiger partial charge in [0.2, 0.25) is 0 Å². The van der Waals surface area contributed by atoms with Gasteiger partial charge in [-0.15, -0.1) is 0 Å². The SMILES string of the molecule is CC[N+](CC)(CC)CCOCC[N+]1(CC)CCCC1. The summed E-state index contributed by atoms with van der Waals surface area (Å²) in [5, 5.41) is 0. The van der Waals surface area contributed by atoms with E-state index >= 15 is 0 Å². The lowest BCUT2D eigenvalue weighted by atomic mass is 10.3. The van der Waals surface area contributed by atoms with Gasteiger partial charge in [-0.25, -0.2) is 0 Å². The summed E-state index contributed by atoms with van der Waals surface area (Å²) in [5.41, 5.74) is 0. The van der Waals surface area contributed by atoms with Crippen LogP contribution in [-0.4, -0.2) is 74.5 Å². The molecule has 0 aliphatic carbocycles. The second-order valence-corrected chi connectivity index (χ2v) is 6.16. The largest absolute Gasteiger partial charge is 0.370 e. The molecule has 0 saturated carbocycles. The van der Waals surface area contributed by atoms with Crippen LogP contribution >= 0.6 is 0 Å². The Kier molecular flexibility index (Phi) is 7.33. The summed E-state index contributed by atoms with van der Waals surface area (Å²) in [6.45, 7) is 21.2. The van der Waals surface area contributed by atoms with Gasteiger partial charge in [0, 0.05) is 12.8 Å². The molecule has 1 aliphatic heterocycles. The van der Waals surface area contributed by atoms with Crippen LogP contribution in [-0.2, 0) is 4.74 Å². The Balaban J connectivity index is 2.20. The van der Waals surface area contributed by atoms with Crippen molar-refractivity contribution in [3.05, 3.63) is 0 Å². The Labute approximate surface area is 120 Å². The third-order valence-electron chi connectivity index (χ3n) is 5.62. The maximum atomic E-state index is 5.95. The maximum Gasteiger partial charge on any atom is 0.102 e. The van der Waals surface area contributed by atoms with Gasteiger partial charge in [0.25, 0.3) is 0 Å². The first-order chi connectivity index (χ1) is 9.16. The van der Waals surface area contributed by atoms with Gasteiger partial charge in [0.05, 0.1) is 52.5 Å². The highest BCUT2D eigenvalue weighted by molar-refractivity contribution is 4.53. The first-order valence-electron chi connectivity index (χ1n) is 8.44. The molecule has 1 rings (SSSR count). The van der Waals surface area contributed by atoms with Crippen molar-refractivity contribution in [3.8, 4) is 0 Å². The first-order valence-corrected chi connectivity index (χ1v) is 8.44. The van der Waals surface area contributed by atoms with Gasteiger partial charge in [-0.1, -0.05) is 0 Å². The lowest BCUT2D eigenvalue weighted by molar-refractivity contribution is -0.924. The number of rotatable bonds is 10. The summed E-state index contributed by atoms with van der Waals surface area (Å²) < 4.78 is 8.46. The van der Waals surface area contributed by atoms with E-state index in [1.807, 2.05) is 0 Å². The van der Waals surface area contributed by atoms with Crippen LogP contribution < -0.4 is 0 Å². The summed E-state index contributed by atoms with van der Waals surface area (Å²) in [6, 6.07) is 0. The Morgan fingerprint density at radius 1 is 0.895 bits per heavy atom. The second-order valence-electron chi connectivity index (χ2n) is 6.16. The van der Waals surface area contributed by atoms with Gasteiger partial charge in [-0.05, 0) is 27.7 Å². The molecule has 0 radical (unpaired) electrons. The van der Waals surface area contributed by atoms with E-state index in [0.717, 1.165) is 13.2 Å². The van der Waals surface area contributed by atoms with E-state index < -0.39 is 0 Å². The minimum atomic E-state index is 0.930. The summed E-state index contributed by atoms with van der Waals surface area (Å²) in [5.74, 6) is 0. The Hall–Kier alpha value is -0.120. The molecule has 1 heterocycles. The van der Waals surface area contributed by atoms with Crippen molar-refractivity contribution in [2.75, 3.05) is 65.6 Å². The molecule has 0 N–H and O–H groups in total. The Bertz CT molecular complexity index is 214. The monoisotopic (exact) mass is 272 g/mol. The van der Waals surface area contributed by atoms with Crippen LogP contribution in [0.15, 0.2) is 0 Å². The van der Waals surface area contributed by atoms with Crippen molar-refractivity contribution >= 4 is 0 Å². The molecule has 0 unspecified atom stereocenters. The van der Waals surface area contributed by atoms with Gasteiger partial charge in [0.1, 0.15) is 13.1 Å². The zero-order valence-corrected chi connectivity index (χ0v) is 13.8. The van der Waals surface area contributed by atoms with Crippen LogP contribution in [0, 0.1) is 0 Å². The molecular formula is C16H36N2O+2. The molecule has 0 atom stereocenters. The van der Waals surface area contributed by atoms with E-state index in [9.17, 15) is 0 Å². The van der Waals surface area contributed by atoms with E-state index in [1.165, 1.54) is 74.2 Å². The molecule has 19 heavy (non-hydrogen) atoms. The molecule has 3 heteroatoms. The van der Waals surface area contributed by atoms with Gasteiger partial charge in [-0.2, -0.15) is 0 Å². The van der Waals surface area contributed by atoms with Crippen LogP contribution in [0.4, 0.5) is 0 Å². The molecule has 1 aliphatic rings. The quantitative estimate of drug-likeness (QED) is 0.439. The van der Waals surface area contributed by atoms with Crippen LogP contribution in [0.25, 0.3) is 0 Å². The molecule has 1 fully saturated rings. The molecule has 0 aromatic rings. The third-order valence-corrected chi connectivity index (χ3v) is 5.62. The third kappa shape index (κ3) is 4.73. The molecule has 0 amide bonds. The van der Waals surface area contributed by atoms with Crippen LogP contribution in [0.1, 0.15) is 40.5 Å². The van der Waals surface area contributed by atoms with Crippen molar-refractivity contribution < 1.29 is 13.7 Å². The summed E-state index contributed by atoms with van der Waals surface area (Å²) >= 11 is 0. The lowest BCUT2D eigenvalue weighted by Gasteiger charge is -2.36. The molecule has 1 saturated heterocycles. The number of nitrogens with zero attached hydrogens (tertiary/aromatic N) is 2. The van der Waals surface area contributed by atoms with Gasteiger partial charge in [-0.3, -0.25) is 0 Å². The number of hydrogen-bond donors (Lipinski definition) is 0. The zero-order valence-electron chi connectivity index (χ0n) is 13.8. The van der Waals surface area contributed by atoms with E-state index in [1.54, 1.807) is 0 Å². The fourth-order valence-corrected chi connectivity index (χ4v) is 3.47. The summed E-state index contributed by atoms with van der Waals surface area (Å²) in [6.07, 6.45) is 2.82. The van der Waals surface area contributed by atoms with Crippen LogP contribution in [0.2, 0.25) is 0 Å². The lowest BCUT2D eigenvalue weighted by Crippen LogP contribution is -2.50. The summed E-state index contributed by atoms with van der Waals surface area (Å²) in [7, 11) is 0. The number of ether oxygens (including phenoxy) is 1. The van der Waals surface area contributed by atoms with Crippen LogP contribution in [0.3, 0.4) is 0 Å². The molecule has 0 aromatic carbocycles. The van der Waals surface area contributed by atoms with Crippen LogP contribution in [0.5, 0.6) is 0 Å². The molecular weight excluding hydrogens is 236 g/mol. The van der Waals surface area contributed by atoms with Crippen molar-refractivity contribution in [1.29, 1.82) is 0 Å². The van der Waals surface area contributed by atoms with E-state index in [4.69, 9.17) is 4.74 Å². The van der Waals surface area contributed by atoms with Gasteiger partial charge >= 0.3 is 0 Å². The molecule has 0 aromatic heterocycles. The number of hydrogen-bond acceptors (Lipinski definition) is 1. The normalized spacial score (nSPS) is 18.9. The predicted octanol–water partition coefficient (Wildman–Crippen LogP) is 2.51. The fourth-order valence-electron chi connectivity index (χ4n) is 3.47. The Morgan fingerprint density at radius 2 is 1.47 bits per heavy atom. The number of quaternary nitrogens is 2. The molecule has 114 valence electrons. The molecule has 3 nitrogen and oxygen atoms in total. The van der Waals surface area contributed by atoms with Crippen molar-refractivity contribution in [2.45, 2.75) is 40.5 Å². The maximum absolute atomic E-state index is 5.95.